The van der Waals surface area contributed by atoms with Gasteiger partial charge in [0.25, 0.3) is 5.69 Å². The lowest BCUT2D eigenvalue weighted by Crippen LogP contribution is -1.98. The first-order valence-electron chi connectivity index (χ1n) is 7.97. The normalized spacial score (nSPS) is 10.7. The summed E-state index contributed by atoms with van der Waals surface area (Å²) in [6.45, 7) is 0.146. The molecule has 0 amide bonds. The van der Waals surface area contributed by atoms with Crippen LogP contribution >= 0.6 is 0 Å². The Morgan fingerprint density at radius 3 is 2.59 bits per heavy atom. The minimum Gasteiger partial charge on any atom is -0.489 e. The first-order chi connectivity index (χ1) is 13.1. The van der Waals surface area contributed by atoms with Crippen molar-refractivity contribution in [2.24, 2.45) is 5.10 Å². The number of hydrogen-bond acceptors (Lipinski definition) is 6. The van der Waals surface area contributed by atoms with Gasteiger partial charge >= 0.3 is 0 Å². The first kappa shape index (κ1) is 18.0. The molecule has 0 radical (unpaired) electrons. The predicted molar refractivity (Wildman–Crippen MR) is 99.3 cm³/mol. The van der Waals surface area contributed by atoms with Crippen LogP contribution in [0.5, 0.6) is 5.75 Å². The number of hydrogen-bond donors (Lipinski definition) is 1. The van der Waals surface area contributed by atoms with Crippen LogP contribution in [0.25, 0.3) is 0 Å². The number of ether oxygens (including phenoxy) is 1. The number of benzene rings is 2. The standard InChI is InChI=1S/C19H15FN4O3/c20-18-4-2-1-3-15(18)13-27-17-8-5-14(6-9-17)11-22-23-19-10-7-16(12-21-19)24(25)26/h1-12H,13H2,(H,21,23)/b22-11+. The molecule has 1 heterocycles. The molecular weight excluding hydrogens is 351 g/mol. The Morgan fingerprint density at radius 2 is 1.93 bits per heavy atom. The lowest BCUT2D eigenvalue weighted by Gasteiger charge is -2.07. The zero-order chi connectivity index (χ0) is 19.1. The van der Waals surface area contributed by atoms with Gasteiger partial charge in [-0.15, -0.1) is 0 Å². The van der Waals surface area contributed by atoms with Gasteiger partial charge in [-0.05, 0) is 42.0 Å². The molecule has 0 aliphatic heterocycles. The van der Waals surface area contributed by atoms with Gasteiger partial charge in [0.2, 0.25) is 0 Å². The lowest BCUT2D eigenvalue weighted by atomic mass is 10.2. The minimum absolute atomic E-state index is 0.0875. The van der Waals surface area contributed by atoms with Crippen molar-refractivity contribution in [1.82, 2.24) is 4.98 Å². The summed E-state index contributed by atoms with van der Waals surface area (Å²) in [7, 11) is 0. The largest absolute Gasteiger partial charge is 0.489 e. The molecule has 0 saturated heterocycles. The summed E-state index contributed by atoms with van der Waals surface area (Å²) >= 11 is 0. The maximum absolute atomic E-state index is 13.6. The summed E-state index contributed by atoms with van der Waals surface area (Å²) in [6, 6.07) is 16.4. The first-order valence-corrected chi connectivity index (χ1v) is 7.97. The van der Waals surface area contributed by atoms with Crippen molar-refractivity contribution in [3.8, 4) is 5.75 Å². The Bertz CT molecular complexity index is 944. The summed E-state index contributed by atoms with van der Waals surface area (Å²) in [5, 5.41) is 14.6. The molecule has 136 valence electrons. The van der Waals surface area contributed by atoms with E-state index in [0.29, 0.717) is 17.1 Å². The second-order valence-corrected chi connectivity index (χ2v) is 5.48. The van der Waals surface area contributed by atoms with E-state index in [1.807, 2.05) is 0 Å². The molecule has 0 spiro atoms. The molecule has 27 heavy (non-hydrogen) atoms. The van der Waals surface area contributed by atoms with E-state index in [0.717, 1.165) is 11.8 Å². The third-order valence-corrected chi connectivity index (χ3v) is 3.58. The average Bonchev–Trinajstić information content (AvgIpc) is 2.69. The van der Waals surface area contributed by atoms with Gasteiger partial charge in [0, 0.05) is 11.6 Å². The number of nitrogens with zero attached hydrogens (tertiary/aromatic N) is 3. The molecule has 8 heteroatoms. The van der Waals surface area contributed by atoms with Crippen molar-refractivity contribution in [1.29, 1.82) is 0 Å². The highest BCUT2D eigenvalue weighted by molar-refractivity contribution is 5.80. The Balaban J connectivity index is 1.53. The molecule has 0 unspecified atom stereocenters. The van der Waals surface area contributed by atoms with Crippen LogP contribution in [0.2, 0.25) is 0 Å². The van der Waals surface area contributed by atoms with E-state index in [9.17, 15) is 14.5 Å². The van der Waals surface area contributed by atoms with Gasteiger partial charge in [-0.1, -0.05) is 18.2 Å². The number of pyridine rings is 1. The zero-order valence-corrected chi connectivity index (χ0v) is 14.1. The van der Waals surface area contributed by atoms with Crippen molar-refractivity contribution >= 4 is 17.7 Å². The Morgan fingerprint density at radius 1 is 1.15 bits per heavy atom. The fourth-order valence-electron chi connectivity index (χ4n) is 2.16. The minimum atomic E-state index is -0.518. The van der Waals surface area contributed by atoms with Gasteiger partial charge in [-0.25, -0.2) is 9.37 Å². The Labute approximate surface area is 154 Å². The maximum Gasteiger partial charge on any atom is 0.287 e. The van der Waals surface area contributed by atoms with Crippen molar-refractivity contribution in [2.75, 3.05) is 5.43 Å². The highest BCUT2D eigenvalue weighted by atomic mass is 19.1. The van der Waals surface area contributed by atoms with E-state index in [2.05, 4.69) is 15.5 Å². The van der Waals surface area contributed by atoms with Crippen LogP contribution in [0.15, 0.2) is 72.0 Å². The third kappa shape index (κ3) is 5.08. The van der Waals surface area contributed by atoms with Gasteiger partial charge in [-0.3, -0.25) is 15.5 Å². The monoisotopic (exact) mass is 366 g/mol. The number of anilines is 1. The van der Waals surface area contributed by atoms with Crippen LogP contribution < -0.4 is 10.2 Å². The topological polar surface area (TPSA) is 89.7 Å². The molecule has 1 N–H and O–H groups in total. The number of hydrazone groups is 1. The van der Waals surface area contributed by atoms with Crippen LogP contribution in [-0.4, -0.2) is 16.1 Å². The molecule has 3 aromatic rings. The number of halogens is 1. The zero-order valence-electron chi connectivity index (χ0n) is 14.1. The summed E-state index contributed by atoms with van der Waals surface area (Å²) in [4.78, 5) is 13.9. The summed E-state index contributed by atoms with van der Waals surface area (Å²) < 4.78 is 19.1. The predicted octanol–water partition coefficient (Wildman–Crippen LogP) is 4.15. The number of aromatic nitrogens is 1. The molecule has 0 atom stereocenters. The SMILES string of the molecule is O=[N+]([O-])c1ccc(N/N=C/c2ccc(OCc3ccccc3F)cc2)nc1. The van der Waals surface area contributed by atoms with E-state index in [1.54, 1.807) is 48.7 Å². The van der Waals surface area contributed by atoms with E-state index < -0.39 is 4.92 Å². The van der Waals surface area contributed by atoms with Crippen LogP contribution in [-0.2, 0) is 6.61 Å². The van der Waals surface area contributed by atoms with Crippen LogP contribution in [0.3, 0.4) is 0 Å². The number of rotatable bonds is 7. The molecular formula is C19H15FN4O3. The van der Waals surface area contributed by atoms with E-state index in [-0.39, 0.29) is 18.1 Å². The second-order valence-electron chi connectivity index (χ2n) is 5.48. The third-order valence-electron chi connectivity index (χ3n) is 3.58. The Hall–Kier alpha value is -3.81. The van der Waals surface area contributed by atoms with Gasteiger partial charge in [0.1, 0.15) is 30.2 Å². The maximum atomic E-state index is 13.6. The fourth-order valence-corrected chi connectivity index (χ4v) is 2.16. The van der Waals surface area contributed by atoms with Gasteiger partial charge in [-0.2, -0.15) is 5.10 Å². The molecule has 0 bridgehead atoms. The van der Waals surface area contributed by atoms with E-state index in [1.165, 1.54) is 18.2 Å². The van der Waals surface area contributed by atoms with E-state index >= 15 is 0 Å². The summed E-state index contributed by atoms with van der Waals surface area (Å²) in [5.41, 5.74) is 3.90. The molecule has 0 saturated carbocycles. The summed E-state index contributed by atoms with van der Waals surface area (Å²) in [5.74, 6) is 0.703. The number of nitro groups is 1. The van der Waals surface area contributed by atoms with Crippen LogP contribution in [0, 0.1) is 15.9 Å². The summed E-state index contributed by atoms with van der Waals surface area (Å²) in [6.07, 6.45) is 2.73. The molecule has 1 aromatic heterocycles. The molecule has 2 aromatic carbocycles. The van der Waals surface area contributed by atoms with Crippen molar-refractivity contribution in [3.05, 3.63) is 93.9 Å². The number of nitrogens with one attached hydrogen (secondary N) is 1. The van der Waals surface area contributed by atoms with Crippen LogP contribution in [0.1, 0.15) is 11.1 Å². The van der Waals surface area contributed by atoms with Gasteiger partial charge in [0.15, 0.2) is 0 Å². The quantitative estimate of drug-likeness (QED) is 0.385. The second kappa shape index (κ2) is 8.52. The molecule has 7 nitrogen and oxygen atoms in total. The average molecular weight is 366 g/mol. The van der Waals surface area contributed by atoms with Crippen molar-refractivity contribution in [2.45, 2.75) is 6.61 Å². The highest BCUT2D eigenvalue weighted by Crippen LogP contribution is 2.15. The molecule has 0 fully saturated rings. The fraction of sp³-hybridized carbons (Fsp3) is 0.0526. The molecule has 0 aliphatic rings. The molecule has 3 rings (SSSR count). The molecule has 0 aliphatic carbocycles. The van der Waals surface area contributed by atoms with E-state index in [4.69, 9.17) is 4.74 Å². The van der Waals surface area contributed by atoms with Crippen molar-refractivity contribution in [3.63, 3.8) is 0 Å². The highest BCUT2D eigenvalue weighted by Gasteiger charge is 2.04. The van der Waals surface area contributed by atoms with Crippen molar-refractivity contribution < 1.29 is 14.1 Å². The van der Waals surface area contributed by atoms with Crippen LogP contribution in [0.4, 0.5) is 15.9 Å². The van der Waals surface area contributed by atoms with Gasteiger partial charge < -0.3 is 4.74 Å². The smallest absolute Gasteiger partial charge is 0.287 e. The lowest BCUT2D eigenvalue weighted by molar-refractivity contribution is -0.385. The van der Waals surface area contributed by atoms with Gasteiger partial charge in [0.05, 0.1) is 11.1 Å². The Kier molecular flexibility index (Phi) is 5.68.